The summed E-state index contributed by atoms with van der Waals surface area (Å²) in [5.41, 5.74) is 3.88. The van der Waals surface area contributed by atoms with Crippen molar-refractivity contribution in [3.8, 4) is 17.0 Å². The van der Waals surface area contributed by atoms with E-state index in [0.717, 1.165) is 39.8 Å². The van der Waals surface area contributed by atoms with Crippen molar-refractivity contribution in [1.82, 2.24) is 9.55 Å². The van der Waals surface area contributed by atoms with E-state index in [1.807, 2.05) is 11.8 Å². The number of aromatic hydroxyl groups is 1. The van der Waals surface area contributed by atoms with Gasteiger partial charge in [-0.2, -0.15) is 0 Å². The van der Waals surface area contributed by atoms with Crippen LogP contribution in [-0.2, 0) is 17.4 Å². The fourth-order valence-electron chi connectivity index (χ4n) is 3.26. The van der Waals surface area contributed by atoms with Crippen LogP contribution in [0.4, 0.5) is 0 Å². The molecule has 1 aliphatic heterocycles. The maximum Gasteiger partial charge on any atom is 0.169 e. The number of imidazole rings is 1. The monoisotopic (exact) mass is 376 g/mol. The van der Waals surface area contributed by atoms with E-state index in [0.29, 0.717) is 5.75 Å². The van der Waals surface area contributed by atoms with Gasteiger partial charge in [-0.15, -0.1) is 11.8 Å². The Bertz CT molecular complexity index is 775. The quantitative estimate of drug-likeness (QED) is 0.685. The standard InChI is InChI=1S/C20H28N2OS2/c1-19(2,3)13-10-12(11-14(16(13)23)20(4,5)6)15-17(24-7)22-8-9-25-18(22)21-15/h10-11,23H,8-9H2,1-7H3. The van der Waals surface area contributed by atoms with Crippen LogP contribution in [-0.4, -0.2) is 26.7 Å². The highest BCUT2D eigenvalue weighted by atomic mass is 32.2. The molecule has 3 rings (SSSR count). The first-order valence-electron chi connectivity index (χ1n) is 8.69. The van der Waals surface area contributed by atoms with Crippen LogP contribution in [0.25, 0.3) is 11.3 Å². The molecule has 3 nitrogen and oxygen atoms in total. The Labute approximate surface area is 159 Å². The molecule has 0 fully saturated rings. The molecule has 136 valence electrons. The van der Waals surface area contributed by atoms with Gasteiger partial charge in [0.05, 0.1) is 0 Å². The van der Waals surface area contributed by atoms with Crippen molar-refractivity contribution in [3.63, 3.8) is 0 Å². The predicted molar refractivity (Wildman–Crippen MR) is 109 cm³/mol. The van der Waals surface area contributed by atoms with Gasteiger partial charge in [-0.3, -0.25) is 0 Å². The summed E-state index contributed by atoms with van der Waals surface area (Å²) in [5, 5.41) is 13.3. The molecule has 1 aromatic heterocycles. The molecule has 0 saturated carbocycles. The van der Waals surface area contributed by atoms with Crippen molar-refractivity contribution in [2.45, 2.75) is 69.1 Å². The molecule has 0 bridgehead atoms. The normalized spacial score (nSPS) is 14.8. The molecule has 0 unspecified atom stereocenters. The summed E-state index contributed by atoms with van der Waals surface area (Å²) in [5.74, 6) is 1.53. The second-order valence-electron chi connectivity index (χ2n) is 8.67. The van der Waals surface area contributed by atoms with Gasteiger partial charge in [0.25, 0.3) is 0 Å². The Balaban J connectivity index is 2.28. The maximum absolute atomic E-state index is 10.9. The Hall–Kier alpha value is -1.07. The van der Waals surface area contributed by atoms with Gasteiger partial charge in [-0.05, 0) is 29.2 Å². The van der Waals surface area contributed by atoms with Crippen molar-refractivity contribution < 1.29 is 5.11 Å². The number of hydrogen-bond donors (Lipinski definition) is 1. The average molecular weight is 377 g/mol. The average Bonchev–Trinajstić information content (AvgIpc) is 3.05. The first kappa shape index (κ1) is 18.7. The van der Waals surface area contributed by atoms with Crippen molar-refractivity contribution in [2.24, 2.45) is 0 Å². The molecular formula is C20H28N2OS2. The second-order valence-corrected chi connectivity index (χ2v) is 10.5. The van der Waals surface area contributed by atoms with E-state index in [1.54, 1.807) is 11.8 Å². The number of fused-ring (bicyclic) bond motifs is 1. The van der Waals surface area contributed by atoms with E-state index in [9.17, 15) is 5.11 Å². The van der Waals surface area contributed by atoms with Crippen LogP contribution in [0.3, 0.4) is 0 Å². The number of phenols is 1. The topological polar surface area (TPSA) is 38.1 Å². The van der Waals surface area contributed by atoms with E-state index in [-0.39, 0.29) is 10.8 Å². The summed E-state index contributed by atoms with van der Waals surface area (Å²) in [6.45, 7) is 13.9. The Morgan fingerprint density at radius 1 is 1.08 bits per heavy atom. The molecule has 5 heteroatoms. The van der Waals surface area contributed by atoms with Crippen LogP contribution >= 0.6 is 23.5 Å². The number of rotatable bonds is 2. The predicted octanol–water partition coefficient (Wildman–Crippen LogP) is 5.68. The van der Waals surface area contributed by atoms with Gasteiger partial charge in [0.2, 0.25) is 0 Å². The van der Waals surface area contributed by atoms with Crippen molar-refractivity contribution >= 4 is 23.5 Å². The van der Waals surface area contributed by atoms with E-state index in [2.05, 4.69) is 64.5 Å². The zero-order valence-electron chi connectivity index (χ0n) is 16.2. The molecular weight excluding hydrogens is 348 g/mol. The summed E-state index contributed by atoms with van der Waals surface area (Å²) in [7, 11) is 0. The minimum absolute atomic E-state index is 0.128. The Kier molecular flexibility index (Phi) is 4.70. The number of thioether (sulfide) groups is 2. The SMILES string of the molecule is CSc1c(-c2cc(C(C)(C)C)c(O)c(C(C)(C)C)c2)nc2n1CCS2. The van der Waals surface area contributed by atoms with Crippen molar-refractivity contribution in [3.05, 3.63) is 23.3 Å². The van der Waals surface area contributed by atoms with E-state index < -0.39 is 0 Å². The fourth-order valence-corrected chi connectivity index (χ4v) is 5.03. The van der Waals surface area contributed by atoms with Crippen LogP contribution in [0, 0.1) is 0 Å². The fraction of sp³-hybridized carbons (Fsp3) is 0.550. The summed E-state index contributed by atoms with van der Waals surface area (Å²) >= 11 is 3.58. The Morgan fingerprint density at radius 2 is 1.64 bits per heavy atom. The molecule has 0 aliphatic carbocycles. The van der Waals surface area contributed by atoms with Gasteiger partial charge in [0.15, 0.2) is 5.16 Å². The lowest BCUT2D eigenvalue weighted by molar-refractivity contribution is 0.423. The second kappa shape index (κ2) is 6.27. The molecule has 2 heterocycles. The van der Waals surface area contributed by atoms with Gasteiger partial charge in [0, 0.05) is 29.0 Å². The molecule has 1 aromatic carbocycles. The molecule has 2 aromatic rings. The lowest BCUT2D eigenvalue weighted by Crippen LogP contribution is -2.17. The Morgan fingerprint density at radius 3 is 2.12 bits per heavy atom. The third-order valence-corrected chi connectivity index (χ3v) is 6.38. The molecule has 0 amide bonds. The van der Waals surface area contributed by atoms with E-state index in [4.69, 9.17) is 4.98 Å². The van der Waals surface area contributed by atoms with Crippen LogP contribution < -0.4 is 0 Å². The molecule has 0 radical (unpaired) electrons. The molecule has 0 spiro atoms. The lowest BCUT2D eigenvalue weighted by atomic mass is 9.78. The number of nitrogens with zero attached hydrogens (tertiary/aromatic N) is 2. The van der Waals surface area contributed by atoms with Crippen LogP contribution in [0.1, 0.15) is 52.7 Å². The highest BCUT2D eigenvalue weighted by Gasteiger charge is 2.29. The number of aromatic nitrogens is 2. The molecule has 0 saturated heterocycles. The van der Waals surface area contributed by atoms with Gasteiger partial charge < -0.3 is 9.67 Å². The third-order valence-electron chi connectivity index (χ3n) is 4.62. The lowest BCUT2D eigenvalue weighted by Gasteiger charge is -2.28. The molecule has 0 atom stereocenters. The summed E-state index contributed by atoms with van der Waals surface area (Å²) < 4.78 is 2.32. The largest absolute Gasteiger partial charge is 0.507 e. The third kappa shape index (κ3) is 3.33. The summed E-state index contributed by atoms with van der Waals surface area (Å²) in [4.78, 5) is 4.93. The number of hydrogen-bond acceptors (Lipinski definition) is 4. The van der Waals surface area contributed by atoms with Gasteiger partial charge in [-0.25, -0.2) is 4.98 Å². The van der Waals surface area contributed by atoms with Crippen LogP contribution in [0.15, 0.2) is 22.3 Å². The minimum atomic E-state index is -0.128. The first-order valence-corrected chi connectivity index (χ1v) is 10.9. The van der Waals surface area contributed by atoms with E-state index >= 15 is 0 Å². The van der Waals surface area contributed by atoms with Crippen LogP contribution in [0.2, 0.25) is 0 Å². The number of phenolic OH excluding ortho intramolecular Hbond substituents is 1. The van der Waals surface area contributed by atoms with Crippen molar-refractivity contribution in [1.29, 1.82) is 0 Å². The first-order chi connectivity index (χ1) is 11.5. The highest BCUT2D eigenvalue weighted by Crippen LogP contribution is 2.44. The molecule has 1 aliphatic rings. The van der Waals surface area contributed by atoms with Gasteiger partial charge >= 0.3 is 0 Å². The zero-order chi connectivity index (χ0) is 18.6. The van der Waals surface area contributed by atoms with E-state index in [1.165, 1.54) is 5.03 Å². The zero-order valence-corrected chi connectivity index (χ0v) is 17.9. The smallest absolute Gasteiger partial charge is 0.169 e. The maximum atomic E-state index is 10.9. The van der Waals surface area contributed by atoms with Gasteiger partial charge in [-0.1, -0.05) is 53.3 Å². The summed E-state index contributed by atoms with van der Waals surface area (Å²) in [6, 6.07) is 4.26. The summed E-state index contributed by atoms with van der Waals surface area (Å²) in [6.07, 6.45) is 2.12. The molecule has 25 heavy (non-hydrogen) atoms. The van der Waals surface area contributed by atoms with Crippen LogP contribution in [0.5, 0.6) is 5.75 Å². The highest BCUT2D eigenvalue weighted by molar-refractivity contribution is 7.99. The number of benzene rings is 1. The van der Waals surface area contributed by atoms with Crippen molar-refractivity contribution in [2.75, 3.05) is 12.0 Å². The minimum Gasteiger partial charge on any atom is -0.507 e. The molecule has 1 N–H and O–H groups in total. The van der Waals surface area contributed by atoms with Gasteiger partial charge in [0.1, 0.15) is 16.5 Å².